The predicted molar refractivity (Wildman–Crippen MR) is 64.9 cm³/mol. The number of carbonyl (C=O) groups excluding carboxylic acids is 2. The fourth-order valence-corrected chi connectivity index (χ4v) is 1.83. The van der Waals surface area contributed by atoms with E-state index < -0.39 is 6.04 Å². The highest BCUT2D eigenvalue weighted by Crippen LogP contribution is 2.13. The van der Waals surface area contributed by atoms with Crippen LogP contribution < -0.4 is 10.6 Å². The summed E-state index contributed by atoms with van der Waals surface area (Å²) in [6.45, 7) is 0. The Labute approximate surface area is 103 Å². The number of amides is 2. The number of carbonyl (C=O) groups is 2. The molecule has 16 heavy (non-hydrogen) atoms. The normalized spacial score (nSPS) is 11.6. The molecule has 0 unspecified atom stereocenters. The fraction of sp³-hybridized carbons (Fsp3) is 0.273. The molecule has 1 rings (SSSR count). The summed E-state index contributed by atoms with van der Waals surface area (Å²) in [6.07, 6.45) is 1.01. The zero-order chi connectivity index (χ0) is 12.0. The molecule has 0 aliphatic carbocycles. The number of benzene rings is 1. The average molecular weight is 285 g/mol. The zero-order valence-electron chi connectivity index (χ0n) is 8.87. The van der Waals surface area contributed by atoms with Crippen molar-refractivity contribution in [3.63, 3.8) is 0 Å². The Balaban J connectivity index is 2.74. The molecular formula is C11H13BrN2O2. The molecule has 0 heterocycles. The van der Waals surface area contributed by atoms with Gasteiger partial charge in [0.25, 0.3) is 0 Å². The number of hydrogen-bond donors (Lipinski definition) is 2. The van der Waals surface area contributed by atoms with Gasteiger partial charge in [0, 0.05) is 17.9 Å². The van der Waals surface area contributed by atoms with Crippen LogP contribution in [-0.2, 0) is 16.0 Å². The zero-order valence-corrected chi connectivity index (χ0v) is 10.5. The molecule has 0 aliphatic heterocycles. The highest BCUT2D eigenvalue weighted by atomic mass is 79.9. The Hall–Kier alpha value is -1.36. The van der Waals surface area contributed by atoms with Crippen molar-refractivity contribution < 1.29 is 9.59 Å². The van der Waals surface area contributed by atoms with Gasteiger partial charge in [0.05, 0.1) is 0 Å². The van der Waals surface area contributed by atoms with Crippen LogP contribution in [0, 0.1) is 0 Å². The summed E-state index contributed by atoms with van der Waals surface area (Å²) in [7, 11) is 1.54. The summed E-state index contributed by atoms with van der Waals surface area (Å²) in [6, 6.07) is 7.10. The van der Waals surface area contributed by atoms with Crippen molar-refractivity contribution >= 4 is 28.2 Å². The number of nitrogens with one attached hydrogen (secondary N) is 2. The number of likely N-dealkylation sites (N-methyl/N-ethyl adjacent to an activating group) is 1. The standard InChI is InChI=1S/C11H13BrN2O2/c1-13-11(16)10(14-7-15)6-8-3-2-4-9(12)5-8/h2-5,7,10H,6H2,1H3,(H,13,16)(H,14,15)/t10-/m0/s1. The minimum absolute atomic E-state index is 0.202. The Kier molecular flexibility index (Phi) is 4.98. The molecule has 1 aromatic rings. The van der Waals surface area contributed by atoms with E-state index in [1.54, 1.807) is 7.05 Å². The van der Waals surface area contributed by atoms with Gasteiger partial charge in [-0.2, -0.15) is 0 Å². The third kappa shape index (κ3) is 3.66. The average Bonchev–Trinajstić information content (AvgIpc) is 2.27. The third-order valence-corrected chi connectivity index (χ3v) is 2.65. The van der Waals surface area contributed by atoms with Crippen LogP contribution in [0.5, 0.6) is 0 Å². The van der Waals surface area contributed by atoms with Crippen LogP contribution in [0.1, 0.15) is 5.56 Å². The van der Waals surface area contributed by atoms with E-state index >= 15 is 0 Å². The third-order valence-electron chi connectivity index (χ3n) is 2.16. The van der Waals surface area contributed by atoms with Crippen molar-refractivity contribution in [3.8, 4) is 0 Å². The minimum Gasteiger partial charge on any atom is -0.357 e. The lowest BCUT2D eigenvalue weighted by Gasteiger charge is -2.14. The molecule has 1 atom stereocenters. The van der Waals surface area contributed by atoms with Crippen LogP contribution in [0.25, 0.3) is 0 Å². The molecular weight excluding hydrogens is 272 g/mol. The molecule has 2 amide bonds. The molecule has 4 nitrogen and oxygen atoms in total. The molecule has 0 saturated heterocycles. The largest absolute Gasteiger partial charge is 0.357 e. The van der Waals surface area contributed by atoms with Crippen LogP contribution in [0.3, 0.4) is 0 Å². The quantitative estimate of drug-likeness (QED) is 0.788. The minimum atomic E-state index is -0.531. The van der Waals surface area contributed by atoms with Gasteiger partial charge in [-0.05, 0) is 17.7 Å². The first kappa shape index (κ1) is 12.7. The summed E-state index contributed by atoms with van der Waals surface area (Å²) in [4.78, 5) is 21.8. The SMILES string of the molecule is CNC(=O)[C@H](Cc1cccc(Br)c1)NC=O. The van der Waals surface area contributed by atoms with E-state index in [-0.39, 0.29) is 5.91 Å². The summed E-state index contributed by atoms with van der Waals surface area (Å²) in [5.41, 5.74) is 0.984. The van der Waals surface area contributed by atoms with Crippen molar-refractivity contribution in [3.05, 3.63) is 34.3 Å². The van der Waals surface area contributed by atoms with E-state index in [9.17, 15) is 9.59 Å². The van der Waals surface area contributed by atoms with E-state index in [1.165, 1.54) is 0 Å². The van der Waals surface area contributed by atoms with Crippen LogP contribution in [0.2, 0.25) is 0 Å². The number of hydrogen-bond acceptors (Lipinski definition) is 2. The Morgan fingerprint density at radius 1 is 1.56 bits per heavy atom. The molecule has 0 bridgehead atoms. The van der Waals surface area contributed by atoms with Gasteiger partial charge in [0.1, 0.15) is 6.04 Å². The van der Waals surface area contributed by atoms with Gasteiger partial charge in [-0.1, -0.05) is 28.1 Å². The van der Waals surface area contributed by atoms with Crippen molar-refractivity contribution in [2.24, 2.45) is 0 Å². The monoisotopic (exact) mass is 284 g/mol. The highest BCUT2D eigenvalue weighted by Gasteiger charge is 2.16. The Morgan fingerprint density at radius 3 is 2.88 bits per heavy atom. The number of rotatable bonds is 5. The first-order valence-electron chi connectivity index (χ1n) is 4.83. The van der Waals surface area contributed by atoms with E-state index in [2.05, 4.69) is 26.6 Å². The second kappa shape index (κ2) is 6.27. The maximum absolute atomic E-state index is 11.4. The smallest absolute Gasteiger partial charge is 0.242 e. The van der Waals surface area contributed by atoms with Gasteiger partial charge in [0.2, 0.25) is 12.3 Å². The molecule has 86 valence electrons. The molecule has 0 aromatic heterocycles. The van der Waals surface area contributed by atoms with E-state index in [0.29, 0.717) is 12.8 Å². The highest BCUT2D eigenvalue weighted by molar-refractivity contribution is 9.10. The predicted octanol–water partition coefficient (Wildman–Crippen LogP) is 0.852. The van der Waals surface area contributed by atoms with Crippen LogP contribution in [0.4, 0.5) is 0 Å². The van der Waals surface area contributed by atoms with Gasteiger partial charge < -0.3 is 10.6 Å². The van der Waals surface area contributed by atoms with E-state index in [4.69, 9.17) is 0 Å². The molecule has 5 heteroatoms. The van der Waals surface area contributed by atoms with E-state index in [0.717, 1.165) is 10.0 Å². The van der Waals surface area contributed by atoms with Crippen LogP contribution in [0.15, 0.2) is 28.7 Å². The molecule has 2 N–H and O–H groups in total. The molecule has 0 spiro atoms. The molecule has 0 radical (unpaired) electrons. The summed E-state index contributed by atoms with van der Waals surface area (Å²) in [5.74, 6) is -0.202. The maximum Gasteiger partial charge on any atom is 0.242 e. The molecule has 0 aliphatic rings. The molecule has 0 fully saturated rings. The first-order valence-corrected chi connectivity index (χ1v) is 5.62. The lowest BCUT2D eigenvalue weighted by Crippen LogP contribution is -2.43. The topological polar surface area (TPSA) is 58.2 Å². The second-order valence-corrected chi connectivity index (χ2v) is 4.20. The fourth-order valence-electron chi connectivity index (χ4n) is 1.38. The van der Waals surface area contributed by atoms with Crippen molar-refractivity contribution in [1.29, 1.82) is 0 Å². The molecule has 0 saturated carbocycles. The first-order chi connectivity index (χ1) is 7.67. The lowest BCUT2D eigenvalue weighted by atomic mass is 10.1. The Bertz CT molecular complexity index is 382. The van der Waals surface area contributed by atoms with Gasteiger partial charge in [-0.3, -0.25) is 9.59 Å². The van der Waals surface area contributed by atoms with Crippen molar-refractivity contribution in [2.45, 2.75) is 12.5 Å². The van der Waals surface area contributed by atoms with Gasteiger partial charge in [-0.15, -0.1) is 0 Å². The molecule has 1 aromatic carbocycles. The van der Waals surface area contributed by atoms with Crippen LogP contribution in [-0.4, -0.2) is 25.4 Å². The summed E-state index contributed by atoms with van der Waals surface area (Å²) in [5, 5.41) is 5.01. The van der Waals surface area contributed by atoms with E-state index in [1.807, 2.05) is 24.3 Å². The number of halogens is 1. The Morgan fingerprint density at radius 2 is 2.31 bits per heavy atom. The van der Waals surface area contributed by atoms with Crippen LogP contribution >= 0.6 is 15.9 Å². The maximum atomic E-state index is 11.4. The summed E-state index contributed by atoms with van der Waals surface area (Å²) < 4.78 is 0.951. The van der Waals surface area contributed by atoms with Crippen molar-refractivity contribution in [1.82, 2.24) is 10.6 Å². The van der Waals surface area contributed by atoms with Gasteiger partial charge in [-0.25, -0.2) is 0 Å². The second-order valence-electron chi connectivity index (χ2n) is 3.29. The summed E-state index contributed by atoms with van der Waals surface area (Å²) >= 11 is 3.35. The van der Waals surface area contributed by atoms with Gasteiger partial charge in [0.15, 0.2) is 0 Å². The van der Waals surface area contributed by atoms with Crippen molar-refractivity contribution in [2.75, 3.05) is 7.05 Å². The van der Waals surface area contributed by atoms with Gasteiger partial charge >= 0.3 is 0 Å². The lowest BCUT2D eigenvalue weighted by molar-refractivity contribution is -0.124.